The highest BCUT2D eigenvalue weighted by Crippen LogP contribution is 2.30. The van der Waals surface area contributed by atoms with Gasteiger partial charge in [-0.1, -0.05) is 0 Å². The van der Waals surface area contributed by atoms with E-state index >= 15 is 0 Å². The van der Waals surface area contributed by atoms with E-state index in [0.717, 1.165) is 0 Å². The molecule has 0 saturated carbocycles. The molecule has 0 rings (SSSR count). The van der Waals surface area contributed by atoms with E-state index in [1.165, 1.54) is 10.6 Å². The number of amides is 1. The summed E-state index contributed by atoms with van der Waals surface area (Å²) in [5.41, 5.74) is -1.32. The van der Waals surface area contributed by atoms with Crippen LogP contribution >= 0.6 is 0 Å². The maximum Gasteiger partial charge on any atom is 0.221 e. The molecule has 108 valence electrons. The van der Waals surface area contributed by atoms with Crippen LogP contribution in [0.15, 0.2) is 0 Å². The van der Waals surface area contributed by atoms with E-state index in [9.17, 15) is 13.2 Å². The van der Waals surface area contributed by atoms with Crippen LogP contribution in [0.4, 0.5) is 0 Å². The molecule has 0 radical (unpaired) electrons. The van der Waals surface area contributed by atoms with Gasteiger partial charge in [0.15, 0.2) is 0 Å². The van der Waals surface area contributed by atoms with E-state index in [-0.39, 0.29) is 12.3 Å². The lowest BCUT2D eigenvalue weighted by atomic mass is 9.95. The minimum Gasteiger partial charge on any atom is -0.356 e. The van der Waals surface area contributed by atoms with Crippen LogP contribution in [0, 0.1) is 0 Å². The Morgan fingerprint density at radius 1 is 1.17 bits per heavy atom. The van der Waals surface area contributed by atoms with Crippen LogP contribution in [-0.2, 0) is 14.8 Å². The molecule has 0 aromatic carbocycles. The fourth-order valence-corrected chi connectivity index (χ4v) is 4.54. The minimum absolute atomic E-state index is 0.139. The topological polar surface area (TPSA) is 66.5 Å². The summed E-state index contributed by atoms with van der Waals surface area (Å²) < 4.78 is 25.3. The van der Waals surface area contributed by atoms with Gasteiger partial charge >= 0.3 is 0 Å². The summed E-state index contributed by atoms with van der Waals surface area (Å²) in [6, 6.07) is 0. The standard InChI is InChI=1S/C12H26N2O3S/c1-8-13-10(15)9-12(5,6)14(11(2,3)4)18(7,16)17/h8-9H2,1-7H3,(H,13,15). The van der Waals surface area contributed by atoms with Gasteiger partial charge in [-0.3, -0.25) is 4.79 Å². The Hall–Kier alpha value is -0.620. The fraction of sp³-hybridized carbons (Fsp3) is 0.917. The van der Waals surface area contributed by atoms with Crippen LogP contribution in [-0.4, -0.2) is 42.5 Å². The Labute approximate surface area is 111 Å². The quantitative estimate of drug-likeness (QED) is 0.825. The van der Waals surface area contributed by atoms with Gasteiger partial charge in [0.1, 0.15) is 0 Å². The summed E-state index contributed by atoms with van der Waals surface area (Å²) >= 11 is 0. The number of sulfonamides is 1. The lowest BCUT2D eigenvalue weighted by molar-refractivity contribution is -0.123. The largest absolute Gasteiger partial charge is 0.356 e. The lowest BCUT2D eigenvalue weighted by Gasteiger charge is -2.44. The van der Waals surface area contributed by atoms with Gasteiger partial charge < -0.3 is 5.32 Å². The van der Waals surface area contributed by atoms with Crippen molar-refractivity contribution >= 4 is 15.9 Å². The molecule has 0 aromatic heterocycles. The number of nitrogens with one attached hydrogen (secondary N) is 1. The molecule has 1 amide bonds. The monoisotopic (exact) mass is 278 g/mol. The second kappa shape index (κ2) is 5.57. The second-order valence-corrected chi connectivity index (χ2v) is 7.97. The van der Waals surface area contributed by atoms with Crippen LogP contribution in [0.2, 0.25) is 0 Å². The summed E-state index contributed by atoms with van der Waals surface area (Å²) in [4.78, 5) is 11.7. The predicted molar refractivity (Wildman–Crippen MR) is 73.8 cm³/mol. The van der Waals surface area contributed by atoms with Gasteiger partial charge in [-0.2, -0.15) is 4.31 Å². The lowest BCUT2D eigenvalue weighted by Crippen LogP contribution is -2.57. The SMILES string of the molecule is CCNC(=O)CC(C)(C)N(C(C)(C)C)S(C)(=O)=O. The van der Waals surface area contributed by atoms with E-state index in [1.807, 2.05) is 27.7 Å². The van der Waals surface area contributed by atoms with Gasteiger partial charge in [0.25, 0.3) is 0 Å². The van der Waals surface area contributed by atoms with Crippen molar-refractivity contribution in [3.63, 3.8) is 0 Å². The molecule has 5 nitrogen and oxygen atoms in total. The van der Waals surface area contributed by atoms with Crippen molar-refractivity contribution < 1.29 is 13.2 Å². The normalized spacial score (nSPS) is 13.8. The van der Waals surface area contributed by atoms with Crippen molar-refractivity contribution in [3.05, 3.63) is 0 Å². The zero-order valence-electron chi connectivity index (χ0n) is 12.5. The van der Waals surface area contributed by atoms with E-state index in [4.69, 9.17) is 0 Å². The molecule has 18 heavy (non-hydrogen) atoms. The summed E-state index contributed by atoms with van der Waals surface area (Å²) in [6.07, 6.45) is 1.32. The van der Waals surface area contributed by atoms with Crippen molar-refractivity contribution in [2.45, 2.75) is 59.0 Å². The number of rotatable bonds is 5. The van der Waals surface area contributed by atoms with Gasteiger partial charge in [-0.15, -0.1) is 0 Å². The van der Waals surface area contributed by atoms with Gasteiger partial charge in [-0.05, 0) is 41.5 Å². The average molecular weight is 278 g/mol. The molecule has 0 unspecified atom stereocenters. The molecule has 0 spiro atoms. The first kappa shape index (κ1) is 17.4. The predicted octanol–water partition coefficient (Wildman–Crippen LogP) is 1.35. The number of hydrogen-bond donors (Lipinski definition) is 1. The highest BCUT2D eigenvalue weighted by atomic mass is 32.2. The van der Waals surface area contributed by atoms with E-state index in [1.54, 1.807) is 13.8 Å². The molecule has 0 aliphatic carbocycles. The Bertz CT molecular complexity index is 394. The van der Waals surface area contributed by atoms with E-state index in [2.05, 4.69) is 5.32 Å². The van der Waals surface area contributed by atoms with Gasteiger partial charge in [0.05, 0.1) is 6.26 Å². The highest BCUT2D eigenvalue weighted by molar-refractivity contribution is 7.88. The van der Waals surface area contributed by atoms with Crippen LogP contribution in [0.5, 0.6) is 0 Å². The molecule has 0 aliphatic rings. The number of carbonyl (C=O) groups excluding carboxylic acids is 1. The summed E-state index contributed by atoms with van der Waals surface area (Å²) in [5, 5.41) is 2.70. The Morgan fingerprint density at radius 3 is 1.89 bits per heavy atom. The van der Waals surface area contributed by atoms with Crippen LogP contribution in [0.1, 0.15) is 48.0 Å². The summed E-state index contributed by atoms with van der Waals surface area (Å²) in [6.45, 7) is 11.4. The molecule has 0 saturated heterocycles. The molecule has 0 bridgehead atoms. The number of carbonyl (C=O) groups is 1. The van der Waals surface area contributed by atoms with E-state index < -0.39 is 21.1 Å². The molecular weight excluding hydrogens is 252 g/mol. The molecular formula is C12H26N2O3S. The zero-order chi connectivity index (χ0) is 14.8. The smallest absolute Gasteiger partial charge is 0.221 e. The van der Waals surface area contributed by atoms with Gasteiger partial charge in [0.2, 0.25) is 15.9 Å². The van der Waals surface area contributed by atoms with Crippen molar-refractivity contribution in [1.29, 1.82) is 0 Å². The van der Waals surface area contributed by atoms with Gasteiger partial charge in [0, 0.05) is 24.0 Å². The minimum atomic E-state index is -3.39. The molecule has 0 aromatic rings. The van der Waals surface area contributed by atoms with Gasteiger partial charge in [-0.25, -0.2) is 8.42 Å². The molecule has 0 aliphatic heterocycles. The first-order valence-electron chi connectivity index (χ1n) is 6.09. The van der Waals surface area contributed by atoms with Crippen molar-refractivity contribution in [1.82, 2.24) is 9.62 Å². The van der Waals surface area contributed by atoms with E-state index in [0.29, 0.717) is 6.54 Å². The molecule has 0 atom stereocenters. The van der Waals surface area contributed by atoms with Crippen LogP contribution in [0.3, 0.4) is 0 Å². The average Bonchev–Trinajstić information content (AvgIpc) is 1.93. The number of nitrogens with zero attached hydrogens (tertiary/aromatic N) is 1. The second-order valence-electron chi connectivity index (χ2n) is 6.14. The maximum atomic E-state index is 12.0. The first-order valence-corrected chi connectivity index (χ1v) is 7.94. The third kappa shape index (κ3) is 4.94. The Balaban J connectivity index is 5.31. The molecule has 0 fully saturated rings. The van der Waals surface area contributed by atoms with Crippen molar-refractivity contribution in [2.75, 3.05) is 12.8 Å². The first-order chi connectivity index (χ1) is 7.82. The fourth-order valence-electron chi connectivity index (χ4n) is 2.58. The Morgan fingerprint density at radius 2 is 1.61 bits per heavy atom. The van der Waals surface area contributed by atoms with Crippen LogP contribution < -0.4 is 5.32 Å². The Kier molecular flexibility index (Phi) is 5.38. The third-order valence-corrected chi connectivity index (χ3v) is 4.16. The summed E-state index contributed by atoms with van der Waals surface area (Å²) in [5.74, 6) is -0.139. The van der Waals surface area contributed by atoms with Crippen molar-refractivity contribution in [3.8, 4) is 0 Å². The van der Waals surface area contributed by atoms with Crippen molar-refractivity contribution in [2.24, 2.45) is 0 Å². The molecule has 1 N–H and O–H groups in total. The number of hydrogen-bond acceptors (Lipinski definition) is 3. The molecule has 6 heteroatoms. The molecule has 0 heterocycles. The zero-order valence-corrected chi connectivity index (χ0v) is 13.3. The van der Waals surface area contributed by atoms with Crippen LogP contribution in [0.25, 0.3) is 0 Å². The third-order valence-electron chi connectivity index (χ3n) is 2.46. The maximum absolute atomic E-state index is 12.0. The summed E-state index contributed by atoms with van der Waals surface area (Å²) in [7, 11) is -3.39. The highest BCUT2D eigenvalue weighted by Gasteiger charge is 2.42.